The summed E-state index contributed by atoms with van der Waals surface area (Å²) < 4.78 is 10.5. The van der Waals surface area contributed by atoms with Gasteiger partial charge in [-0.15, -0.1) is 0 Å². The van der Waals surface area contributed by atoms with Gasteiger partial charge in [-0.05, 0) is 60.1 Å². The second-order valence-electron chi connectivity index (χ2n) is 5.74. The smallest absolute Gasteiger partial charge is 0.118 e. The average molecular weight is 298 g/mol. The minimum atomic E-state index is 0.168. The van der Waals surface area contributed by atoms with Crippen LogP contribution in [0.2, 0.25) is 0 Å². The number of benzene rings is 2. The molecule has 0 spiro atoms. The number of rotatable bonds is 7. The molecule has 2 rings (SSSR count). The third-order valence-electron chi connectivity index (χ3n) is 4.76. The van der Waals surface area contributed by atoms with E-state index in [0.717, 1.165) is 30.8 Å². The zero-order chi connectivity index (χ0) is 16.0. The van der Waals surface area contributed by atoms with Gasteiger partial charge in [0.2, 0.25) is 0 Å². The number of hydrogen-bond acceptors (Lipinski definition) is 2. The summed E-state index contributed by atoms with van der Waals surface area (Å²) in [6, 6.07) is 16.9. The van der Waals surface area contributed by atoms with Crippen molar-refractivity contribution < 1.29 is 9.47 Å². The fraction of sp³-hybridized carbons (Fsp3) is 0.400. The summed E-state index contributed by atoms with van der Waals surface area (Å²) >= 11 is 0. The van der Waals surface area contributed by atoms with Crippen LogP contribution >= 0.6 is 0 Å². The van der Waals surface area contributed by atoms with Gasteiger partial charge in [0.05, 0.1) is 14.2 Å². The lowest BCUT2D eigenvalue weighted by molar-refractivity contribution is 0.388. The third kappa shape index (κ3) is 3.44. The fourth-order valence-electron chi connectivity index (χ4n) is 3.09. The fourth-order valence-corrected chi connectivity index (χ4v) is 3.09. The van der Waals surface area contributed by atoms with Gasteiger partial charge in [0.25, 0.3) is 0 Å². The molecule has 0 aliphatic rings. The van der Waals surface area contributed by atoms with E-state index in [2.05, 4.69) is 50.2 Å². The highest BCUT2D eigenvalue weighted by Crippen LogP contribution is 2.36. The summed E-state index contributed by atoms with van der Waals surface area (Å²) in [6.45, 7) is 4.55. The lowest BCUT2D eigenvalue weighted by atomic mass is 9.71. The predicted octanol–water partition coefficient (Wildman–Crippen LogP) is 5.00. The molecule has 0 bridgehead atoms. The van der Waals surface area contributed by atoms with Gasteiger partial charge >= 0.3 is 0 Å². The molecule has 2 aromatic rings. The minimum Gasteiger partial charge on any atom is -0.497 e. The quantitative estimate of drug-likeness (QED) is 0.716. The van der Waals surface area contributed by atoms with Gasteiger partial charge in [0.1, 0.15) is 11.5 Å². The Bertz CT molecular complexity index is 566. The molecule has 0 saturated carbocycles. The molecular formula is C20H26O2. The molecule has 0 unspecified atom stereocenters. The molecule has 0 atom stereocenters. The second kappa shape index (κ2) is 7.35. The molecule has 0 amide bonds. The van der Waals surface area contributed by atoms with Crippen LogP contribution in [-0.2, 0) is 11.8 Å². The molecule has 22 heavy (non-hydrogen) atoms. The van der Waals surface area contributed by atoms with Crippen molar-refractivity contribution in [2.45, 2.75) is 38.5 Å². The van der Waals surface area contributed by atoms with Crippen LogP contribution in [0.5, 0.6) is 11.5 Å². The summed E-state index contributed by atoms with van der Waals surface area (Å²) in [6.07, 6.45) is 3.26. The lowest BCUT2D eigenvalue weighted by Crippen LogP contribution is -2.27. The van der Waals surface area contributed by atoms with E-state index in [-0.39, 0.29) is 5.41 Å². The highest BCUT2D eigenvalue weighted by Gasteiger charge is 2.28. The van der Waals surface area contributed by atoms with Crippen molar-refractivity contribution in [3.05, 3.63) is 59.7 Å². The SMILES string of the molecule is CCC(CC)(Cc1ccc(OC)cc1)c1ccc(OC)cc1. The highest BCUT2D eigenvalue weighted by atomic mass is 16.5. The molecule has 2 heteroatoms. The molecule has 0 heterocycles. The van der Waals surface area contributed by atoms with Gasteiger partial charge in [0.15, 0.2) is 0 Å². The molecule has 0 fully saturated rings. The Kier molecular flexibility index (Phi) is 5.48. The molecule has 2 aromatic carbocycles. The number of methoxy groups -OCH3 is 2. The normalized spacial score (nSPS) is 11.3. The third-order valence-corrected chi connectivity index (χ3v) is 4.76. The molecule has 0 aromatic heterocycles. The highest BCUT2D eigenvalue weighted by molar-refractivity contribution is 5.35. The summed E-state index contributed by atoms with van der Waals surface area (Å²) in [4.78, 5) is 0. The molecule has 0 aliphatic carbocycles. The molecule has 0 aliphatic heterocycles. The summed E-state index contributed by atoms with van der Waals surface area (Å²) in [5, 5.41) is 0. The van der Waals surface area contributed by atoms with E-state index in [9.17, 15) is 0 Å². The molecule has 0 N–H and O–H groups in total. The van der Waals surface area contributed by atoms with Gasteiger partial charge in [0, 0.05) is 0 Å². The van der Waals surface area contributed by atoms with Gasteiger partial charge in [-0.3, -0.25) is 0 Å². The second-order valence-corrected chi connectivity index (χ2v) is 5.74. The van der Waals surface area contributed by atoms with E-state index in [1.165, 1.54) is 11.1 Å². The lowest BCUT2D eigenvalue weighted by Gasteiger charge is -2.33. The standard InChI is InChI=1S/C20H26O2/c1-5-20(6-2,17-9-13-19(22-4)14-10-17)15-16-7-11-18(21-3)12-8-16/h7-14H,5-6,15H2,1-4H3. The van der Waals surface area contributed by atoms with Crippen LogP contribution in [-0.4, -0.2) is 14.2 Å². The zero-order valence-corrected chi connectivity index (χ0v) is 14.1. The van der Waals surface area contributed by atoms with Crippen molar-refractivity contribution in [3.8, 4) is 11.5 Å². The molecule has 0 radical (unpaired) electrons. The summed E-state index contributed by atoms with van der Waals surface area (Å²) in [5.74, 6) is 1.82. The van der Waals surface area contributed by atoms with Crippen LogP contribution in [0.4, 0.5) is 0 Å². The largest absolute Gasteiger partial charge is 0.497 e. The van der Waals surface area contributed by atoms with E-state index in [1.54, 1.807) is 14.2 Å². The molecule has 2 nitrogen and oxygen atoms in total. The van der Waals surface area contributed by atoms with Crippen molar-refractivity contribution in [2.24, 2.45) is 0 Å². The van der Waals surface area contributed by atoms with Crippen molar-refractivity contribution in [1.82, 2.24) is 0 Å². The Morgan fingerprint density at radius 1 is 0.727 bits per heavy atom. The first-order valence-corrected chi connectivity index (χ1v) is 7.95. The maximum atomic E-state index is 5.28. The van der Waals surface area contributed by atoms with E-state index in [0.29, 0.717) is 0 Å². The predicted molar refractivity (Wildman–Crippen MR) is 92.0 cm³/mol. The van der Waals surface area contributed by atoms with Crippen molar-refractivity contribution >= 4 is 0 Å². The Hall–Kier alpha value is -1.96. The zero-order valence-electron chi connectivity index (χ0n) is 14.1. The van der Waals surface area contributed by atoms with E-state index >= 15 is 0 Å². The van der Waals surface area contributed by atoms with Gasteiger partial charge in [-0.1, -0.05) is 38.1 Å². The maximum absolute atomic E-state index is 5.28. The van der Waals surface area contributed by atoms with E-state index in [4.69, 9.17) is 9.47 Å². The van der Waals surface area contributed by atoms with Crippen LogP contribution in [0.3, 0.4) is 0 Å². The number of ether oxygens (including phenoxy) is 2. The summed E-state index contributed by atoms with van der Waals surface area (Å²) in [5.41, 5.74) is 2.90. The van der Waals surface area contributed by atoms with Crippen molar-refractivity contribution in [2.75, 3.05) is 14.2 Å². The molecular weight excluding hydrogens is 272 g/mol. The van der Waals surface area contributed by atoms with Crippen LogP contribution < -0.4 is 9.47 Å². The van der Waals surface area contributed by atoms with Gasteiger partial charge in [-0.2, -0.15) is 0 Å². The first kappa shape index (κ1) is 16.4. The average Bonchev–Trinajstić information content (AvgIpc) is 2.60. The first-order chi connectivity index (χ1) is 10.7. The van der Waals surface area contributed by atoms with Gasteiger partial charge < -0.3 is 9.47 Å². The van der Waals surface area contributed by atoms with E-state index < -0.39 is 0 Å². The monoisotopic (exact) mass is 298 g/mol. The maximum Gasteiger partial charge on any atom is 0.118 e. The Morgan fingerprint density at radius 2 is 1.18 bits per heavy atom. The minimum absolute atomic E-state index is 0.168. The first-order valence-electron chi connectivity index (χ1n) is 7.95. The topological polar surface area (TPSA) is 18.5 Å². The number of hydrogen-bond donors (Lipinski definition) is 0. The van der Waals surface area contributed by atoms with Crippen molar-refractivity contribution in [1.29, 1.82) is 0 Å². The Balaban J connectivity index is 2.29. The molecule has 118 valence electrons. The van der Waals surface area contributed by atoms with Crippen LogP contribution in [0.25, 0.3) is 0 Å². The Labute approximate surface area is 134 Å². The van der Waals surface area contributed by atoms with Crippen LogP contribution in [0, 0.1) is 0 Å². The molecule has 0 saturated heterocycles. The van der Waals surface area contributed by atoms with E-state index in [1.807, 2.05) is 12.1 Å². The van der Waals surface area contributed by atoms with Crippen molar-refractivity contribution in [3.63, 3.8) is 0 Å². The van der Waals surface area contributed by atoms with Crippen LogP contribution in [0.15, 0.2) is 48.5 Å². The van der Waals surface area contributed by atoms with Crippen LogP contribution in [0.1, 0.15) is 37.8 Å². The van der Waals surface area contributed by atoms with Gasteiger partial charge in [-0.25, -0.2) is 0 Å². The summed E-state index contributed by atoms with van der Waals surface area (Å²) in [7, 11) is 3.41. The Morgan fingerprint density at radius 3 is 1.59 bits per heavy atom.